The lowest BCUT2D eigenvalue weighted by Crippen LogP contribution is -2.57. The molecule has 0 saturated heterocycles. The SMILES string of the molecule is CNC(=O)C(NC(=O)C(C)(C)C)C(OC)C(C)=N. The first-order chi connectivity index (χ1) is 8.15. The monoisotopic (exact) mass is 257 g/mol. The third-order valence-electron chi connectivity index (χ3n) is 2.48. The van der Waals surface area contributed by atoms with Gasteiger partial charge in [0.25, 0.3) is 0 Å². The first-order valence-electron chi connectivity index (χ1n) is 5.75. The van der Waals surface area contributed by atoms with E-state index in [4.69, 9.17) is 10.1 Å². The molecule has 0 aliphatic rings. The Kier molecular flexibility index (Phi) is 5.97. The van der Waals surface area contributed by atoms with Crippen molar-refractivity contribution in [3.63, 3.8) is 0 Å². The predicted octanol–water partition coefficient (Wildman–Crippen LogP) is 0.318. The van der Waals surface area contributed by atoms with Crippen LogP contribution in [0.4, 0.5) is 0 Å². The van der Waals surface area contributed by atoms with Crippen LogP contribution in [-0.4, -0.2) is 43.8 Å². The summed E-state index contributed by atoms with van der Waals surface area (Å²) in [6.07, 6.45) is -0.767. The molecule has 0 aromatic carbocycles. The number of amides is 2. The fourth-order valence-corrected chi connectivity index (χ4v) is 1.35. The van der Waals surface area contributed by atoms with Gasteiger partial charge in [0.1, 0.15) is 12.1 Å². The Morgan fingerprint density at radius 2 is 1.78 bits per heavy atom. The molecule has 3 N–H and O–H groups in total. The summed E-state index contributed by atoms with van der Waals surface area (Å²) in [5.41, 5.74) is -0.430. The second kappa shape index (κ2) is 6.49. The summed E-state index contributed by atoms with van der Waals surface area (Å²) >= 11 is 0. The molecule has 0 aromatic rings. The number of hydrogen-bond acceptors (Lipinski definition) is 4. The average Bonchev–Trinajstić information content (AvgIpc) is 2.25. The van der Waals surface area contributed by atoms with Crippen molar-refractivity contribution in [3.8, 4) is 0 Å². The molecule has 2 atom stereocenters. The van der Waals surface area contributed by atoms with E-state index in [2.05, 4.69) is 10.6 Å². The second-order valence-electron chi connectivity index (χ2n) is 5.15. The van der Waals surface area contributed by atoms with Crippen molar-refractivity contribution in [2.45, 2.75) is 39.8 Å². The van der Waals surface area contributed by atoms with Crippen LogP contribution in [0, 0.1) is 10.8 Å². The number of methoxy groups -OCH3 is 1. The lowest BCUT2D eigenvalue weighted by atomic mass is 9.94. The van der Waals surface area contributed by atoms with Crippen LogP contribution >= 0.6 is 0 Å². The Morgan fingerprint density at radius 1 is 1.28 bits per heavy atom. The van der Waals surface area contributed by atoms with Gasteiger partial charge in [-0.15, -0.1) is 0 Å². The highest BCUT2D eigenvalue weighted by molar-refractivity contribution is 5.96. The second-order valence-corrected chi connectivity index (χ2v) is 5.15. The van der Waals surface area contributed by atoms with Gasteiger partial charge in [0.05, 0.1) is 0 Å². The third-order valence-corrected chi connectivity index (χ3v) is 2.48. The fourth-order valence-electron chi connectivity index (χ4n) is 1.35. The van der Waals surface area contributed by atoms with Gasteiger partial charge in [0.2, 0.25) is 11.8 Å². The van der Waals surface area contributed by atoms with E-state index < -0.39 is 17.6 Å². The van der Waals surface area contributed by atoms with Gasteiger partial charge in [-0.25, -0.2) is 0 Å². The molecule has 0 radical (unpaired) electrons. The number of nitrogens with one attached hydrogen (secondary N) is 3. The standard InChI is InChI=1S/C12H23N3O3/c1-7(13)9(18-6)8(10(16)14-5)15-11(17)12(2,3)4/h8-9,13H,1-6H3,(H,14,16)(H,15,17). The van der Waals surface area contributed by atoms with Crippen molar-refractivity contribution in [1.82, 2.24) is 10.6 Å². The van der Waals surface area contributed by atoms with Crippen LogP contribution < -0.4 is 10.6 Å². The molecule has 2 amide bonds. The van der Waals surface area contributed by atoms with E-state index in [1.807, 2.05) is 0 Å². The fraction of sp³-hybridized carbons (Fsp3) is 0.750. The molecule has 0 aromatic heterocycles. The molecular weight excluding hydrogens is 234 g/mol. The van der Waals surface area contributed by atoms with Gasteiger partial charge in [-0.05, 0) is 6.92 Å². The number of ether oxygens (including phenoxy) is 1. The molecule has 0 saturated carbocycles. The summed E-state index contributed by atoms with van der Waals surface area (Å²) in [5.74, 6) is -0.648. The number of hydrogen-bond donors (Lipinski definition) is 3. The number of likely N-dealkylation sites (N-methyl/N-ethyl adjacent to an activating group) is 1. The average molecular weight is 257 g/mol. The molecule has 2 unspecified atom stereocenters. The molecule has 0 heterocycles. The maximum Gasteiger partial charge on any atom is 0.245 e. The molecular formula is C12H23N3O3. The van der Waals surface area contributed by atoms with Crippen molar-refractivity contribution in [3.05, 3.63) is 0 Å². The number of carbonyl (C=O) groups is 2. The zero-order valence-electron chi connectivity index (χ0n) is 11.9. The van der Waals surface area contributed by atoms with E-state index in [-0.39, 0.29) is 17.5 Å². The lowest BCUT2D eigenvalue weighted by Gasteiger charge is -2.28. The molecule has 0 aliphatic carbocycles. The molecule has 0 spiro atoms. The highest BCUT2D eigenvalue weighted by atomic mass is 16.5. The van der Waals surface area contributed by atoms with E-state index in [0.717, 1.165) is 0 Å². The van der Waals surface area contributed by atoms with Gasteiger partial charge in [0, 0.05) is 25.3 Å². The van der Waals surface area contributed by atoms with E-state index in [0.29, 0.717) is 0 Å². The largest absolute Gasteiger partial charge is 0.373 e. The van der Waals surface area contributed by atoms with Crippen LogP contribution in [0.25, 0.3) is 0 Å². The van der Waals surface area contributed by atoms with Crippen LogP contribution in [0.3, 0.4) is 0 Å². The van der Waals surface area contributed by atoms with Crippen molar-refractivity contribution in [1.29, 1.82) is 5.41 Å². The van der Waals surface area contributed by atoms with E-state index in [9.17, 15) is 9.59 Å². The van der Waals surface area contributed by atoms with Gasteiger partial charge in [-0.3, -0.25) is 9.59 Å². The minimum absolute atomic E-state index is 0.181. The van der Waals surface area contributed by atoms with Gasteiger partial charge in [-0.1, -0.05) is 20.8 Å². The Bertz CT molecular complexity index is 334. The smallest absolute Gasteiger partial charge is 0.245 e. The van der Waals surface area contributed by atoms with Gasteiger partial charge in [0.15, 0.2) is 0 Å². The molecule has 6 nitrogen and oxygen atoms in total. The molecule has 104 valence electrons. The summed E-state index contributed by atoms with van der Waals surface area (Å²) in [7, 11) is 2.88. The molecule has 0 fully saturated rings. The molecule has 18 heavy (non-hydrogen) atoms. The van der Waals surface area contributed by atoms with Crippen LogP contribution in [0.1, 0.15) is 27.7 Å². The van der Waals surface area contributed by atoms with Gasteiger partial charge >= 0.3 is 0 Å². The van der Waals surface area contributed by atoms with E-state index in [1.54, 1.807) is 20.8 Å². The summed E-state index contributed by atoms with van der Waals surface area (Å²) < 4.78 is 5.11. The van der Waals surface area contributed by atoms with Crippen molar-refractivity contribution >= 4 is 17.5 Å². The van der Waals surface area contributed by atoms with Crippen LogP contribution in [0.15, 0.2) is 0 Å². The van der Waals surface area contributed by atoms with Crippen molar-refractivity contribution in [2.24, 2.45) is 5.41 Å². The van der Waals surface area contributed by atoms with Crippen molar-refractivity contribution in [2.75, 3.05) is 14.2 Å². The molecule has 0 rings (SSSR count). The lowest BCUT2D eigenvalue weighted by molar-refractivity contribution is -0.135. The minimum Gasteiger partial charge on any atom is -0.373 e. The molecule has 0 bridgehead atoms. The highest BCUT2D eigenvalue weighted by Crippen LogP contribution is 2.14. The molecule has 0 aliphatic heterocycles. The maximum atomic E-state index is 11.9. The quantitative estimate of drug-likeness (QED) is 0.619. The minimum atomic E-state index is -0.899. The Labute approximate surface area is 108 Å². The predicted molar refractivity (Wildman–Crippen MR) is 69.7 cm³/mol. The third kappa shape index (κ3) is 4.44. The van der Waals surface area contributed by atoms with E-state index in [1.165, 1.54) is 21.1 Å². The number of rotatable bonds is 5. The van der Waals surface area contributed by atoms with Crippen molar-refractivity contribution < 1.29 is 14.3 Å². The highest BCUT2D eigenvalue weighted by Gasteiger charge is 2.33. The normalized spacial score (nSPS) is 14.6. The van der Waals surface area contributed by atoms with Crippen LogP contribution in [-0.2, 0) is 14.3 Å². The van der Waals surface area contributed by atoms with Gasteiger partial charge in [-0.2, -0.15) is 0 Å². The first kappa shape index (κ1) is 16.6. The Hall–Kier alpha value is -1.43. The summed E-state index contributed by atoms with van der Waals surface area (Å²) in [6, 6.07) is -0.899. The van der Waals surface area contributed by atoms with Gasteiger partial charge < -0.3 is 20.8 Å². The summed E-state index contributed by atoms with van der Waals surface area (Å²) in [6.45, 7) is 6.79. The zero-order chi connectivity index (χ0) is 14.5. The first-order valence-corrected chi connectivity index (χ1v) is 5.75. The summed E-state index contributed by atoms with van der Waals surface area (Å²) in [4.78, 5) is 23.7. The topological polar surface area (TPSA) is 91.3 Å². The van der Waals surface area contributed by atoms with Crippen LogP contribution in [0.2, 0.25) is 0 Å². The number of carbonyl (C=O) groups excluding carboxylic acids is 2. The Morgan fingerprint density at radius 3 is 2.06 bits per heavy atom. The Balaban J connectivity index is 5.08. The summed E-state index contributed by atoms with van der Waals surface area (Å²) in [5, 5.41) is 12.7. The van der Waals surface area contributed by atoms with E-state index >= 15 is 0 Å². The zero-order valence-corrected chi connectivity index (χ0v) is 11.9. The maximum absolute atomic E-state index is 11.9. The van der Waals surface area contributed by atoms with Crippen LogP contribution in [0.5, 0.6) is 0 Å². The molecule has 6 heteroatoms.